The number of carbonyl (C=O) groups is 2. The van der Waals surface area contributed by atoms with E-state index in [1.54, 1.807) is 42.5 Å². The van der Waals surface area contributed by atoms with Crippen molar-refractivity contribution in [1.82, 2.24) is 4.90 Å². The minimum absolute atomic E-state index is 0.130. The Morgan fingerprint density at radius 1 is 1.10 bits per heavy atom. The van der Waals surface area contributed by atoms with Crippen molar-refractivity contribution in [3.63, 3.8) is 0 Å². The fraction of sp³-hybridized carbons (Fsp3) is 0.217. The van der Waals surface area contributed by atoms with Crippen LogP contribution < -0.4 is 19.5 Å². The fourth-order valence-corrected chi connectivity index (χ4v) is 3.31. The third kappa shape index (κ3) is 3.61. The van der Waals surface area contributed by atoms with Crippen molar-refractivity contribution in [3.05, 3.63) is 66.4 Å². The molecule has 7 nitrogen and oxygen atoms in total. The quantitative estimate of drug-likeness (QED) is 0.533. The number of carbonyl (C=O) groups excluding carboxylic acids is 2. The van der Waals surface area contributed by atoms with Crippen LogP contribution in [0.4, 0.5) is 5.69 Å². The minimum Gasteiger partial charge on any atom is -0.494 e. The van der Waals surface area contributed by atoms with Gasteiger partial charge in [0.25, 0.3) is 11.8 Å². The number of benzene rings is 2. The molecule has 7 heteroatoms. The van der Waals surface area contributed by atoms with E-state index in [1.807, 2.05) is 6.92 Å². The van der Waals surface area contributed by atoms with Crippen LogP contribution in [0.25, 0.3) is 5.57 Å². The standard InChI is InChI=1S/C23H22N2O5/c1-3-11-25-22(26)20(15-5-8-17(9-6-15)28-12-4-2)21(23(25)27)24-16-7-10-18-19(13-16)30-14-29-18/h3,5-10,13,24H,1,4,11-12,14H2,2H3. The van der Waals surface area contributed by atoms with Gasteiger partial charge in [-0.1, -0.05) is 25.1 Å². The molecule has 0 atom stereocenters. The summed E-state index contributed by atoms with van der Waals surface area (Å²) in [5.41, 5.74) is 1.77. The number of anilines is 1. The maximum absolute atomic E-state index is 13.0. The molecule has 4 rings (SSSR count). The summed E-state index contributed by atoms with van der Waals surface area (Å²) in [5.74, 6) is 1.16. The zero-order chi connectivity index (χ0) is 21.1. The van der Waals surface area contributed by atoms with Gasteiger partial charge in [0, 0.05) is 18.3 Å². The number of nitrogens with one attached hydrogen (secondary N) is 1. The van der Waals surface area contributed by atoms with E-state index in [2.05, 4.69) is 11.9 Å². The minimum atomic E-state index is -0.404. The van der Waals surface area contributed by atoms with Crippen molar-refractivity contribution < 1.29 is 23.8 Å². The van der Waals surface area contributed by atoms with Crippen LogP contribution in [0.5, 0.6) is 17.2 Å². The Hall–Kier alpha value is -3.74. The lowest BCUT2D eigenvalue weighted by Gasteiger charge is -2.12. The first-order valence-electron chi connectivity index (χ1n) is 9.73. The molecule has 2 aromatic rings. The molecule has 0 saturated heterocycles. The summed E-state index contributed by atoms with van der Waals surface area (Å²) in [4.78, 5) is 27.2. The normalized spacial score (nSPS) is 15.0. The monoisotopic (exact) mass is 406 g/mol. The van der Waals surface area contributed by atoms with Crippen LogP contribution in [0.15, 0.2) is 60.8 Å². The number of imide groups is 1. The molecule has 0 spiro atoms. The smallest absolute Gasteiger partial charge is 0.278 e. The number of amides is 2. The Morgan fingerprint density at radius 2 is 1.87 bits per heavy atom. The van der Waals surface area contributed by atoms with Crippen molar-refractivity contribution in [3.8, 4) is 17.2 Å². The van der Waals surface area contributed by atoms with Crippen LogP contribution in [-0.4, -0.2) is 36.7 Å². The Kier molecular flexibility index (Phi) is 5.43. The summed E-state index contributed by atoms with van der Waals surface area (Å²) < 4.78 is 16.3. The predicted molar refractivity (Wildman–Crippen MR) is 112 cm³/mol. The van der Waals surface area contributed by atoms with Gasteiger partial charge in [-0.2, -0.15) is 0 Å². The second-order valence-electron chi connectivity index (χ2n) is 6.83. The second kappa shape index (κ2) is 8.32. The molecule has 154 valence electrons. The summed E-state index contributed by atoms with van der Waals surface area (Å²) in [6.45, 7) is 6.58. The van der Waals surface area contributed by atoms with E-state index in [0.29, 0.717) is 40.7 Å². The van der Waals surface area contributed by atoms with Gasteiger partial charge in [-0.25, -0.2) is 0 Å². The van der Waals surface area contributed by atoms with Crippen molar-refractivity contribution in [1.29, 1.82) is 0 Å². The lowest BCUT2D eigenvalue weighted by atomic mass is 10.0. The van der Waals surface area contributed by atoms with Crippen molar-refractivity contribution in [2.45, 2.75) is 13.3 Å². The summed E-state index contributed by atoms with van der Waals surface area (Å²) in [6.07, 6.45) is 2.43. The van der Waals surface area contributed by atoms with Gasteiger partial charge in [0.2, 0.25) is 6.79 Å². The Morgan fingerprint density at radius 3 is 2.60 bits per heavy atom. The number of ether oxygens (including phenoxy) is 3. The number of nitrogens with zero attached hydrogens (tertiary/aromatic N) is 1. The first-order valence-corrected chi connectivity index (χ1v) is 9.73. The average Bonchev–Trinajstić information content (AvgIpc) is 3.31. The molecule has 0 bridgehead atoms. The Balaban J connectivity index is 1.69. The molecule has 2 aromatic carbocycles. The zero-order valence-electron chi connectivity index (χ0n) is 16.6. The van der Waals surface area contributed by atoms with Crippen molar-refractivity contribution >= 4 is 23.1 Å². The van der Waals surface area contributed by atoms with Crippen LogP contribution in [-0.2, 0) is 9.59 Å². The van der Waals surface area contributed by atoms with Gasteiger partial charge >= 0.3 is 0 Å². The summed E-state index contributed by atoms with van der Waals surface area (Å²) in [7, 11) is 0. The van der Waals surface area contributed by atoms with Crippen molar-refractivity contribution in [2.75, 3.05) is 25.3 Å². The first kappa shape index (κ1) is 19.6. The molecule has 2 aliphatic rings. The third-order valence-electron chi connectivity index (χ3n) is 4.74. The third-order valence-corrected chi connectivity index (χ3v) is 4.74. The number of rotatable bonds is 8. The molecule has 2 heterocycles. The molecule has 1 N–H and O–H groups in total. The Labute approximate surface area is 174 Å². The highest BCUT2D eigenvalue weighted by Gasteiger charge is 2.38. The van der Waals surface area contributed by atoms with Gasteiger partial charge in [-0.05, 0) is 36.2 Å². The van der Waals surface area contributed by atoms with Gasteiger partial charge < -0.3 is 19.5 Å². The van der Waals surface area contributed by atoms with E-state index in [-0.39, 0.29) is 24.9 Å². The number of fused-ring (bicyclic) bond motifs is 1. The zero-order valence-corrected chi connectivity index (χ0v) is 16.6. The largest absolute Gasteiger partial charge is 0.494 e. The highest BCUT2D eigenvalue weighted by molar-refractivity contribution is 6.36. The van der Waals surface area contributed by atoms with Gasteiger partial charge in [0.05, 0.1) is 12.2 Å². The fourth-order valence-electron chi connectivity index (χ4n) is 3.31. The lowest BCUT2D eigenvalue weighted by molar-refractivity contribution is -0.136. The van der Waals surface area contributed by atoms with Crippen LogP contribution in [0.3, 0.4) is 0 Å². The van der Waals surface area contributed by atoms with E-state index >= 15 is 0 Å². The summed E-state index contributed by atoms with van der Waals surface area (Å²) in [6, 6.07) is 12.4. The van der Waals surface area contributed by atoms with Crippen LogP contribution >= 0.6 is 0 Å². The molecule has 0 unspecified atom stereocenters. The molecule has 2 aliphatic heterocycles. The number of hydrogen-bond acceptors (Lipinski definition) is 6. The summed E-state index contributed by atoms with van der Waals surface area (Å²) >= 11 is 0. The maximum Gasteiger partial charge on any atom is 0.278 e. The van der Waals surface area contributed by atoms with E-state index in [9.17, 15) is 9.59 Å². The Bertz CT molecular complexity index is 1030. The molecular weight excluding hydrogens is 384 g/mol. The van der Waals surface area contributed by atoms with E-state index in [4.69, 9.17) is 14.2 Å². The highest BCUT2D eigenvalue weighted by atomic mass is 16.7. The molecular formula is C23H22N2O5. The van der Waals surface area contributed by atoms with Crippen LogP contribution in [0.2, 0.25) is 0 Å². The van der Waals surface area contributed by atoms with Crippen molar-refractivity contribution in [2.24, 2.45) is 0 Å². The molecule has 0 aromatic heterocycles. The van der Waals surface area contributed by atoms with E-state index in [1.165, 1.54) is 11.0 Å². The van der Waals surface area contributed by atoms with Gasteiger partial charge in [0.1, 0.15) is 11.4 Å². The first-order chi connectivity index (χ1) is 14.6. The molecule has 30 heavy (non-hydrogen) atoms. The SMILES string of the molecule is C=CCN1C(=O)C(Nc2ccc3c(c2)OCO3)=C(c2ccc(OCCC)cc2)C1=O. The lowest BCUT2D eigenvalue weighted by Crippen LogP contribution is -2.32. The predicted octanol–water partition coefficient (Wildman–Crippen LogP) is 3.58. The second-order valence-corrected chi connectivity index (χ2v) is 6.83. The van der Waals surface area contributed by atoms with E-state index < -0.39 is 5.91 Å². The highest BCUT2D eigenvalue weighted by Crippen LogP contribution is 2.36. The van der Waals surface area contributed by atoms with Crippen LogP contribution in [0.1, 0.15) is 18.9 Å². The van der Waals surface area contributed by atoms with Gasteiger partial charge in [-0.3, -0.25) is 14.5 Å². The number of hydrogen-bond donors (Lipinski definition) is 1. The molecule has 0 aliphatic carbocycles. The molecule has 2 amide bonds. The van der Waals surface area contributed by atoms with Crippen LogP contribution in [0, 0.1) is 0 Å². The average molecular weight is 406 g/mol. The van der Waals surface area contributed by atoms with E-state index in [0.717, 1.165) is 6.42 Å². The van der Waals surface area contributed by atoms with Gasteiger partial charge in [-0.15, -0.1) is 6.58 Å². The maximum atomic E-state index is 13.0. The summed E-state index contributed by atoms with van der Waals surface area (Å²) in [5, 5.41) is 3.10. The molecule has 0 fully saturated rings. The topological polar surface area (TPSA) is 77.1 Å². The molecule has 0 saturated carbocycles. The molecule has 0 radical (unpaired) electrons. The van der Waals surface area contributed by atoms with Gasteiger partial charge in [0.15, 0.2) is 11.5 Å².